The maximum absolute atomic E-state index is 5.62. The number of halogens is 2. The summed E-state index contributed by atoms with van der Waals surface area (Å²) in [7, 11) is 0. The first-order chi connectivity index (χ1) is 10.4. The average Bonchev–Trinajstić information content (AvgIpc) is 2.93. The maximum Gasteiger partial charge on any atom is 0.183 e. The van der Waals surface area contributed by atoms with Gasteiger partial charge >= 0.3 is 0 Å². The summed E-state index contributed by atoms with van der Waals surface area (Å²) < 4.78 is 12.4. The van der Waals surface area contributed by atoms with E-state index < -0.39 is 0 Å². The molecule has 2 aliphatic rings. The molecule has 1 aromatic carbocycles. The summed E-state index contributed by atoms with van der Waals surface area (Å²) in [6.07, 6.45) is 2.49. The minimum atomic E-state index is 0. The molecular formula is C15H21Br2N3O2S. The molecule has 5 nitrogen and oxygen atoms in total. The predicted molar refractivity (Wildman–Crippen MR) is 105 cm³/mol. The number of ether oxygens (including phenoxy) is 2. The Balaban J connectivity index is 0.000000960. The average molecular weight is 467 g/mol. The molecule has 3 heterocycles. The molecule has 8 heteroatoms. The molecule has 0 bridgehead atoms. The van der Waals surface area contributed by atoms with E-state index in [0.717, 1.165) is 52.4 Å². The molecule has 23 heavy (non-hydrogen) atoms. The molecule has 2 aliphatic heterocycles. The van der Waals surface area contributed by atoms with Gasteiger partial charge in [-0.2, -0.15) is 0 Å². The molecule has 0 atom stereocenters. The standard InChI is InChI=1S/C15H19N3O2S.2BrH/c1-3-16-4-2-10(1)9-17-15-18-11-7-12-13(8-14(11)21-15)20-6-5-19-12;;/h7-8,10,16H,1-6,9H2,(H,17,18);2*1H. The van der Waals surface area contributed by atoms with E-state index in [1.807, 2.05) is 12.1 Å². The molecule has 1 aromatic heterocycles. The number of benzene rings is 1. The van der Waals surface area contributed by atoms with E-state index in [9.17, 15) is 0 Å². The number of thiazole rings is 1. The number of aromatic nitrogens is 1. The molecule has 0 aliphatic carbocycles. The number of anilines is 1. The van der Waals surface area contributed by atoms with Crippen molar-refractivity contribution in [3.05, 3.63) is 12.1 Å². The molecule has 2 N–H and O–H groups in total. The van der Waals surface area contributed by atoms with Crippen molar-refractivity contribution in [2.45, 2.75) is 12.8 Å². The Morgan fingerprint density at radius 3 is 2.57 bits per heavy atom. The lowest BCUT2D eigenvalue weighted by Crippen LogP contribution is -2.31. The third-order valence-electron chi connectivity index (χ3n) is 4.05. The van der Waals surface area contributed by atoms with Crippen molar-refractivity contribution in [1.29, 1.82) is 0 Å². The highest BCUT2D eigenvalue weighted by Crippen LogP contribution is 2.37. The largest absolute Gasteiger partial charge is 0.486 e. The topological polar surface area (TPSA) is 55.4 Å². The summed E-state index contributed by atoms with van der Waals surface area (Å²) in [4.78, 5) is 4.66. The van der Waals surface area contributed by atoms with Gasteiger partial charge < -0.3 is 20.1 Å². The van der Waals surface area contributed by atoms with Crippen LogP contribution in [0.1, 0.15) is 12.8 Å². The summed E-state index contributed by atoms with van der Waals surface area (Å²) in [5.41, 5.74) is 0.983. The van der Waals surface area contributed by atoms with E-state index >= 15 is 0 Å². The highest BCUT2D eigenvalue weighted by molar-refractivity contribution is 8.93. The summed E-state index contributed by atoms with van der Waals surface area (Å²) in [6, 6.07) is 4.02. The first kappa shape index (κ1) is 18.8. The Morgan fingerprint density at radius 2 is 1.83 bits per heavy atom. The lowest BCUT2D eigenvalue weighted by atomic mass is 9.98. The van der Waals surface area contributed by atoms with E-state index in [2.05, 4.69) is 15.6 Å². The van der Waals surface area contributed by atoms with Gasteiger partial charge in [0.05, 0.1) is 10.2 Å². The van der Waals surface area contributed by atoms with Gasteiger partial charge in [0.1, 0.15) is 13.2 Å². The third-order valence-corrected chi connectivity index (χ3v) is 5.03. The van der Waals surface area contributed by atoms with Crippen LogP contribution in [-0.4, -0.2) is 37.8 Å². The number of piperidine rings is 1. The summed E-state index contributed by atoms with van der Waals surface area (Å²) in [5, 5.41) is 7.88. The second-order valence-corrected chi connectivity index (χ2v) is 6.59. The second kappa shape index (κ2) is 8.50. The van der Waals surface area contributed by atoms with Crippen molar-refractivity contribution in [3.63, 3.8) is 0 Å². The molecule has 0 unspecified atom stereocenters. The molecule has 4 rings (SSSR count). The van der Waals surface area contributed by atoms with Gasteiger partial charge in [-0.05, 0) is 31.8 Å². The van der Waals surface area contributed by atoms with Gasteiger partial charge in [0, 0.05) is 18.7 Å². The van der Waals surface area contributed by atoms with Crippen molar-refractivity contribution >= 4 is 60.6 Å². The van der Waals surface area contributed by atoms with Crippen LogP contribution in [0.2, 0.25) is 0 Å². The molecule has 0 amide bonds. The maximum atomic E-state index is 5.62. The Labute approximate surface area is 160 Å². The lowest BCUT2D eigenvalue weighted by Gasteiger charge is -2.22. The van der Waals surface area contributed by atoms with Crippen molar-refractivity contribution in [1.82, 2.24) is 10.3 Å². The summed E-state index contributed by atoms with van der Waals surface area (Å²) in [6.45, 7) is 4.51. The third kappa shape index (κ3) is 4.29. The summed E-state index contributed by atoms with van der Waals surface area (Å²) in [5.74, 6) is 2.39. The van der Waals surface area contributed by atoms with E-state index in [4.69, 9.17) is 9.47 Å². The normalized spacial score (nSPS) is 17.2. The Hall–Kier alpha value is -0.570. The fourth-order valence-electron chi connectivity index (χ4n) is 2.86. The molecule has 0 saturated carbocycles. The number of nitrogens with one attached hydrogen (secondary N) is 2. The van der Waals surface area contributed by atoms with E-state index in [1.54, 1.807) is 11.3 Å². The zero-order valence-corrected chi connectivity index (χ0v) is 16.9. The van der Waals surface area contributed by atoms with Gasteiger partial charge in [-0.25, -0.2) is 4.98 Å². The zero-order chi connectivity index (χ0) is 14.1. The van der Waals surface area contributed by atoms with E-state index in [1.165, 1.54) is 12.8 Å². The van der Waals surface area contributed by atoms with Crippen LogP contribution in [0.25, 0.3) is 10.2 Å². The smallest absolute Gasteiger partial charge is 0.183 e. The second-order valence-electron chi connectivity index (χ2n) is 5.56. The zero-order valence-electron chi connectivity index (χ0n) is 12.7. The Morgan fingerprint density at radius 1 is 1.13 bits per heavy atom. The SMILES string of the molecule is Br.Br.c1c2c(cc3sc(NCC4CCNCC4)nc13)OCCO2. The van der Waals surface area contributed by atoms with Gasteiger partial charge in [0.15, 0.2) is 16.6 Å². The molecule has 2 aromatic rings. The Bertz CT molecular complexity index is 604. The van der Waals surface area contributed by atoms with Crippen LogP contribution >= 0.6 is 45.3 Å². The number of hydrogen-bond donors (Lipinski definition) is 2. The number of hydrogen-bond acceptors (Lipinski definition) is 6. The molecule has 0 radical (unpaired) electrons. The van der Waals surface area contributed by atoms with Crippen LogP contribution in [0.15, 0.2) is 12.1 Å². The van der Waals surface area contributed by atoms with Crippen LogP contribution < -0.4 is 20.1 Å². The van der Waals surface area contributed by atoms with Gasteiger partial charge in [-0.15, -0.1) is 34.0 Å². The number of rotatable bonds is 3. The molecular weight excluding hydrogens is 446 g/mol. The molecule has 1 fully saturated rings. The predicted octanol–water partition coefficient (Wildman–Crippen LogP) is 3.63. The van der Waals surface area contributed by atoms with Gasteiger partial charge in [0.2, 0.25) is 0 Å². The number of nitrogens with zero attached hydrogens (tertiary/aromatic N) is 1. The molecule has 128 valence electrons. The van der Waals surface area contributed by atoms with Crippen molar-refractivity contribution in [3.8, 4) is 11.5 Å². The molecule has 0 spiro atoms. The summed E-state index contributed by atoms with van der Waals surface area (Å²) >= 11 is 1.69. The van der Waals surface area contributed by atoms with E-state index in [-0.39, 0.29) is 34.0 Å². The van der Waals surface area contributed by atoms with Gasteiger partial charge in [0.25, 0.3) is 0 Å². The van der Waals surface area contributed by atoms with Crippen LogP contribution in [-0.2, 0) is 0 Å². The van der Waals surface area contributed by atoms with Gasteiger partial charge in [-0.3, -0.25) is 0 Å². The van der Waals surface area contributed by atoms with Crippen LogP contribution in [0.3, 0.4) is 0 Å². The quantitative estimate of drug-likeness (QED) is 0.723. The number of fused-ring (bicyclic) bond motifs is 2. The first-order valence-electron chi connectivity index (χ1n) is 7.53. The van der Waals surface area contributed by atoms with Crippen LogP contribution in [0.4, 0.5) is 5.13 Å². The van der Waals surface area contributed by atoms with Crippen molar-refractivity contribution < 1.29 is 9.47 Å². The highest BCUT2D eigenvalue weighted by Gasteiger charge is 2.16. The van der Waals surface area contributed by atoms with Crippen molar-refractivity contribution in [2.75, 3.05) is 38.2 Å². The van der Waals surface area contributed by atoms with Crippen LogP contribution in [0.5, 0.6) is 11.5 Å². The Kier molecular flexibility index (Phi) is 6.94. The highest BCUT2D eigenvalue weighted by atomic mass is 79.9. The fourth-order valence-corrected chi connectivity index (χ4v) is 3.74. The van der Waals surface area contributed by atoms with Gasteiger partial charge in [-0.1, -0.05) is 11.3 Å². The molecule has 1 saturated heterocycles. The fraction of sp³-hybridized carbons (Fsp3) is 0.533. The first-order valence-corrected chi connectivity index (χ1v) is 8.35. The minimum Gasteiger partial charge on any atom is -0.486 e. The lowest BCUT2D eigenvalue weighted by molar-refractivity contribution is 0.172. The monoisotopic (exact) mass is 465 g/mol. The minimum absolute atomic E-state index is 0. The van der Waals surface area contributed by atoms with Crippen LogP contribution in [0, 0.1) is 5.92 Å². The van der Waals surface area contributed by atoms with E-state index in [0.29, 0.717) is 13.2 Å². The van der Waals surface area contributed by atoms with Crippen molar-refractivity contribution in [2.24, 2.45) is 5.92 Å².